The molecule has 0 spiro atoms. The maximum atomic E-state index is 13.7. The first-order valence-corrected chi connectivity index (χ1v) is 12.2. The Bertz CT molecular complexity index is 1170. The SMILES string of the molecule is CCCN(CCN(c1ccc(OC)nc1)S(=O)(=O)c1ccccc1C)C(=O)c1ccccc1. The van der Waals surface area contributed by atoms with Crippen LogP contribution in [-0.2, 0) is 10.0 Å². The van der Waals surface area contributed by atoms with Gasteiger partial charge in [-0.25, -0.2) is 13.4 Å². The summed E-state index contributed by atoms with van der Waals surface area (Å²) in [6.07, 6.45) is 2.23. The van der Waals surface area contributed by atoms with E-state index >= 15 is 0 Å². The van der Waals surface area contributed by atoms with Crippen LogP contribution in [0, 0.1) is 6.92 Å². The Balaban J connectivity index is 1.95. The van der Waals surface area contributed by atoms with E-state index in [-0.39, 0.29) is 23.9 Å². The second kappa shape index (κ2) is 11.0. The average Bonchev–Trinajstić information content (AvgIpc) is 2.84. The highest BCUT2D eigenvalue weighted by atomic mass is 32.2. The van der Waals surface area contributed by atoms with Gasteiger partial charge < -0.3 is 9.64 Å². The van der Waals surface area contributed by atoms with Crippen molar-refractivity contribution in [2.24, 2.45) is 0 Å². The van der Waals surface area contributed by atoms with Gasteiger partial charge >= 0.3 is 0 Å². The third kappa shape index (κ3) is 5.70. The quantitative estimate of drug-likeness (QED) is 0.448. The smallest absolute Gasteiger partial charge is 0.264 e. The lowest BCUT2D eigenvalue weighted by Gasteiger charge is -2.29. The fraction of sp³-hybridized carbons (Fsp3) is 0.280. The molecule has 0 aliphatic carbocycles. The minimum atomic E-state index is -3.89. The molecule has 0 bridgehead atoms. The lowest BCUT2D eigenvalue weighted by molar-refractivity contribution is 0.0760. The van der Waals surface area contributed by atoms with Gasteiger partial charge in [0.25, 0.3) is 15.9 Å². The zero-order valence-corrected chi connectivity index (χ0v) is 20.0. The monoisotopic (exact) mass is 467 g/mol. The van der Waals surface area contributed by atoms with E-state index in [0.717, 1.165) is 6.42 Å². The Morgan fingerprint density at radius 3 is 2.24 bits per heavy atom. The molecule has 0 saturated carbocycles. The number of hydrogen-bond acceptors (Lipinski definition) is 5. The van der Waals surface area contributed by atoms with Crippen LogP contribution < -0.4 is 9.04 Å². The first kappa shape index (κ1) is 24.3. The van der Waals surface area contributed by atoms with E-state index in [9.17, 15) is 13.2 Å². The summed E-state index contributed by atoms with van der Waals surface area (Å²) in [6, 6.07) is 19.1. The standard InChI is InChI=1S/C25H29N3O4S/c1-4-16-27(25(29)21-11-6-5-7-12-21)17-18-28(22-14-15-24(32-3)26-19-22)33(30,31)23-13-9-8-10-20(23)2/h5-15,19H,4,16-18H2,1-3H3. The van der Waals surface area contributed by atoms with Crippen molar-refractivity contribution < 1.29 is 17.9 Å². The number of sulfonamides is 1. The summed E-state index contributed by atoms with van der Waals surface area (Å²) in [7, 11) is -2.39. The predicted octanol–water partition coefficient (Wildman–Crippen LogP) is 4.15. The van der Waals surface area contributed by atoms with Crippen molar-refractivity contribution >= 4 is 21.6 Å². The number of anilines is 1. The number of carbonyl (C=O) groups excluding carboxylic acids is 1. The molecule has 0 fully saturated rings. The third-order valence-electron chi connectivity index (χ3n) is 5.25. The molecule has 7 nitrogen and oxygen atoms in total. The second-order valence-corrected chi connectivity index (χ2v) is 9.39. The van der Waals surface area contributed by atoms with E-state index in [1.807, 2.05) is 25.1 Å². The van der Waals surface area contributed by atoms with Crippen molar-refractivity contribution in [2.75, 3.05) is 31.0 Å². The second-order valence-electron chi connectivity index (χ2n) is 7.56. The number of rotatable bonds is 10. The van der Waals surface area contributed by atoms with Gasteiger partial charge in [0, 0.05) is 24.7 Å². The molecule has 0 radical (unpaired) electrons. The number of amides is 1. The minimum Gasteiger partial charge on any atom is -0.481 e. The van der Waals surface area contributed by atoms with Crippen LogP contribution in [-0.4, -0.2) is 51.0 Å². The van der Waals surface area contributed by atoms with Gasteiger partial charge in [-0.1, -0.05) is 43.3 Å². The Labute approximate surface area is 195 Å². The maximum absolute atomic E-state index is 13.7. The van der Waals surface area contributed by atoms with Gasteiger partial charge in [0.2, 0.25) is 5.88 Å². The highest BCUT2D eigenvalue weighted by molar-refractivity contribution is 7.92. The molecule has 1 heterocycles. The summed E-state index contributed by atoms with van der Waals surface area (Å²) in [5, 5.41) is 0. The number of carbonyl (C=O) groups is 1. The zero-order valence-electron chi connectivity index (χ0n) is 19.1. The van der Waals surface area contributed by atoms with Crippen LogP contribution in [0.5, 0.6) is 5.88 Å². The van der Waals surface area contributed by atoms with Gasteiger partial charge in [0.15, 0.2) is 0 Å². The molecule has 0 aliphatic heterocycles. The molecule has 33 heavy (non-hydrogen) atoms. The molecule has 1 amide bonds. The molecule has 0 unspecified atom stereocenters. The summed E-state index contributed by atoms with van der Waals surface area (Å²) < 4.78 is 33.8. The number of aryl methyl sites for hydroxylation is 1. The van der Waals surface area contributed by atoms with Gasteiger partial charge in [-0.05, 0) is 43.2 Å². The highest BCUT2D eigenvalue weighted by Crippen LogP contribution is 2.26. The minimum absolute atomic E-state index is 0.0866. The topological polar surface area (TPSA) is 79.8 Å². The molecule has 2 aromatic carbocycles. The number of methoxy groups -OCH3 is 1. The molecular weight excluding hydrogens is 438 g/mol. The lowest BCUT2D eigenvalue weighted by Crippen LogP contribution is -2.41. The van der Waals surface area contributed by atoms with E-state index < -0.39 is 10.0 Å². The van der Waals surface area contributed by atoms with Gasteiger partial charge in [-0.3, -0.25) is 9.10 Å². The van der Waals surface area contributed by atoms with Crippen LogP contribution in [0.4, 0.5) is 5.69 Å². The summed E-state index contributed by atoms with van der Waals surface area (Å²) in [4.78, 5) is 19.2. The van der Waals surface area contributed by atoms with E-state index in [0.29, 0.717) is 29.2 Å². The van der Waals surface area contributed by atoms with E-state index in [4.69, 9.17) is 4.74 Å². The van der Waals surface area contributed by atoms with E-state index in [1.165, 1.54) is 17.6 Å². The van der Waals surface area contributed by atoms with Gasteiger partial charge in [-0.2, -0.15) is 0 Å². The molecule has 0 N–H and O–H groups in total. The molecule has 1 aromatic heterocycles. The summed E-state index contributed by atoms with van der Waals surface area (Å²) in [6.45, 7) is 4.59. The summed E-state index contributed by atoms with van der Waals surface area (Å²) >= 11 is 0. The van der Waals surface area contributed by atoms with Crippen LogP contribution in [0.2, 0.25) is 0 Å². The zero-order chi connectivity index (χ0) is 23.8. The summed E-state index contributed by atoms with van der Waals surface area (Å²) in [5.74, 6) is 0.261. The van der Waals surface area contributed by atoms with Crippen molar-refractivity contribution in [3.8, 4) is 5.88 Å². The predicted molar refractivity (Wildman–Crippen MR) is 129 cm³/mol. The van der Waals surface area contributed by atoms with Crippen LogP contribution in [0.25, 0.3) is 0 Å². The largest absolute Gasteiger partial charge is 0.481 e. The Morgan fingerprint density at radius 2 is 1.64 bits per heavy atom. The van der Waals surface area contributed by atoms with Crippen molar-refractivity contribution in [3.05, 3.63) is 84.1 Å². The highest BCUT2D eigenvalue weighted by Gasteiger charge is 2.28. The molecule has 0 atom stereocenters. The van der Waals surface area contributed by atoms with Crippen LogP contribution in [0.1, 0.15) is 29.3 Å². The molecule has 3 aromatic rings. The van der Waals surface area contributed by atoms with Crippen molar-refractivity contribution in [3.63, 3.8) is 0 Å². The van der Waals surface area contributed by atoms with E-state index in [2.05, 4.69) is 4.98 Å². The number of aromatic nitrogens is 1. The molecular formula is C25H29N3O4S. The van der Waals surface area contributed by atoms with Crippen LogP contribution in [0.3, 0.4) is 0 Å². The van der Waals surface area contributed by atoms with Crippen LogP contribution in [0.15, 0.2) is 77.8 Å². The Kier molecular flexibility index (Phi) is 8.06. The molecule has 174 valence electrons. The number of hydrogen-bond donors (Lipinski definition) is 0. The number of pyridine rings is 1. The molecule has 0 aliphatic rings. The fourth-order valence-corrected chi connectivity index (χ4v) is 5.22. The number of nitrogens with zero attached hydrogens (tertiary/aromatic N) is 3. The Morgan fingerprint density at radius 1 is 0.939 bits per heavy atom. The summed E-state index contributed by atoms with van der Waals surface area (Å²) in [5.41, 5.74) is 1.63. The lowest BCUT2D eigenvalue weighted by atomic mass is 10.2. The van der Waals surface area contributed by atoms with Crippen molar-refractivity contribution in [1.82, 2.24) is 9.88 Å². The van der Waals surface area contributed by atoms with Crippen LogP contribution >= 0.6 is 0 Å². The maximum Gasteiger partial charge on any atom is 0.264 e. The first-order valence-electron chi connectivity index (χ1n) is 10.8. The van der Waals surface area contributed by atoms with Gasteiger partial charge in [-0.15, -0.1) is 0 Å². The average molecular weight is 468 g/mol. The molecule has 8 heteroatoms. The molecule has 0 saturated heterocycles. The van der Waals surface area contributed by atoms with E-state index in [1.54, 1.807) is 60.4 Å². The number of ether oxygens (including phenoxy) is 1. The first-order chi connectivity index (χ1) is 15.9. The van der Waals surface area contributed by atoms with Gasteiger partial charge in [0.1, 0.15) is 0 Å². The van der Waals surface area contributed by atoms with Crippen molar-refractivity contribution in [2.45, 2.75) is 25.2 Å². The molecule has 3 rings (SSSR count). The normalized spacial score (nSPS) is 11.1. The number of benzene rings is 2. The van der Waals surface area contributed by atoms with Gasteiger partial charge in [0.05, 0.1) is 30.4 Å². The Hall–Kier alpha value is -3.39. The van der Waals surface area contributed by atoms with Crippen molar-refractivity contribution in [1.29, 1.82) is 0 Å². The fourth-order valence-electron chi connectivity index (χ4n) is 3.55. The third-order valence-corrected chi connectivity index (χ3v) is 7.24.